The largest absolute Gasteiger partial charge is 0.496 e. The number of rotatable bonds is 6. The van der Waals surface area contributed by atoms with E-state index < -0.39 is 0 Å². The fourth-order valence-corrected chi connectivity index (χ4v) is 1.99. The van der Waals surface area contributed by atoms with Gasteiger partial charge in [0.15, 0.2) is 0 Å². The molecule has 1 rings (SSSR count). The van der Waals surface area contributed by atoms with E-state index in [0.717, 1.165) is 0 Å². The molecule has 0 radical (unpaired) electrons. The summed E-state index contributed by atoms with van der Waals surface area (Å²) in [5.41, 5.74) is 0.682. The maximum atomic E-state index is 12.2. The van der Waals surface area contributed by atoms with E-state index in [2.05, 4.69) is 10.6 Å². The molecular weight excluding hydrogens is 296 g/mol. The first kappa shape index (κ1) is 17.3. The molecule has 6 nitrogen and oxygen atoms in total. The van der Waals surface area contributed by atoms with Gasteiger partial charge >= 0.3 is 0 Å². The minimum atomic E-state index is -0.326. The zero-order chi connectivity index (χ0) is 16.0. The Kier molecular flexibility index (Phi) is 6.45. The first-order valence-corrected chi connectivity index (χ1v) is 6.71. The molecule has 0 aromatic heterocycles. The second-order valence-electron chi connectivity index (χ2n) is 4.54. The molecule has 1 aromatic rings. The number of amides is 2. The molecule has 1 atom stereocenters. The van der Waals surface area contributed by atoms with Gasteiger partial charge in [0, 0.05) is 26.1 Å². The molecule has 1 unspecified atom stereocenters. The van der Waals surface area contributed by atoms with Crippen LogP contribution in [-0.4, -0.2) is 38.7 Å². The maximum absolute atomic E-state index is 12.2. The van der Waals surface area contributed by atoms with Crippen LogP contribution in [0.1, 0.15) is 24.2 Å². The molecule has 21 heavy (non-hydrogen) atoms. The zero-order valence-corrected chi connectivity index (χ0v) is 13.2. The molecule has 0 saturated heterocycles. The van der Waals surface area contributed by atoms with Gasteiger partial charge in [-0.25, -0.2) is 0 Å². The van der Waals surface area contributed by atoms with E-state index in [1.165, 1.54) is 26.2 Å². The third kappa shape index (κ3) is 4.91. The molecule has 116 valence electrons. The Balaban J connectivity index is 3.04. The lowest BCUT2D eigenvalue weighted by Crippen LogP contribution is -2.35. The van der Waals surface area contributed by atoms with Gasteiger partial charge in [-0.1, -0.05) is 11.6 Å². The predicted molar refractivity (Wildman–Crippen MR) is 81.1 cm³/mol. The van der Waals surface area contributed by atoms with Gasteiger partial charge in [0.1, 0.15) is 5.75 Å². The molecule has 0 saturated carbocycles. The van der Waals surface area contributed by atoms with Crippen LogP contribution in [0.25, 0.3) is 0 Å². The van der Waals surface area contributed by atoms with Gasteiger partial charge < -0.3 is 20.1 Å². The summed E-state index contributed by atoms with van der Waals surface area (Å²) < 4.78 is 10.1. The van der Waals surface area contributed by atoms with Crippen LogP contribution < -0.4 is 15.4 Å². The van der Waals surface area contributed by atoms with E-state index in [9.17, 15) is 9.59 Å². The summed E-state index contributed by atoms with van der Waals surface area (Å²) in [4.78, 5) is 23.3. The summed E-state index contributed by atoms with van der Waals surface area (Å²) in [6, 6.07) is 2.82. The Labute approximate surface area is 128 Å². The van der Waals surface area contributed by atoms with Crippen molar-refractivity contribution in [2.24, 2.45) is 0 Å². The summed E-state index contributed by atoms with van der Waals surface area (Å²) in [6.07, 6.45) is 0. The Hall–Kier alpha value is -1.79. The van der Waals surface area contributed by atoms with Crippen LogP contribution in [0.3, 0.4) is 0 Å². The van der Waals surface area contributed by atoms with Crippen molar-refractivity contribution in [3.8, 4) is 5.75 Å². The SMILES string of the molecule is COCC(C)NC(=O)c1cc(Cl)c(NC(C)=O)cc1OC. The average molecular weight is 315 g/mol. The van der Waals surface area contributed by atoms with Crippen molar-refractivity contribution in [1.82, 2.24) is 5.32 Å². The number of hydrogen-bond acceptors (Lipinski definition) is 4. The maximum Gasteiger partial charge on any atom is 0.255 e. The topological polar surface area (TPSA) is 76.7 Å². The van der Waals surface area contributed by atoms with E-state index in [0.29, 0.717) is 23.6 Å². The van der Waals surface area contributed by atoms with Crippen LogP contribution in [0, 0.1) is 0 Å². The normalized spacial score (nSPS) is 11.7. The van der Waals surface area contributed by atoms with E-state index in [1.54, 1.807) is 7.11 Å². The summed E-state index contributed by atoms with van der Waals surface area (Å²) >= 11 is 6.07. The van der Waals surface area contributed by atoms with Crippen LogP contribution in [0.15, 0.2) is 12.1 Å². The fraction of sp³-hybridized carbons (Fsp3) is 0.429. The fourth-order valence-electron chi connectivity index (χ4n) is 1.78. The summed E-state index contributed by atoms with van der Waals surface area (Å²) in [7, 11) is 3.00. The number of ether oxygens (including phenoxy) is 2. The van der Waals surface area contributed by atoms with E-state index >= 15 is 0 Å². The Morgan fingerprint density at radius 3 is 2.52 bits per heavy atom. The van der Waals surface area contributed by atoms with Crippen molar-refractivity contribution < 1.29 is 19.1 Å². The highest BCUT2D eigenvalue weighted by Crippen LogP contribution is 2.31. The van der Waals surface area contributed by atoms with Gasteiger partial charge in [-0.2, -0.15) is 0 Å². The lowest BCUT2D eigenvalue weighted by Gasteiger charge is -2.16. The lowest BCUT2D eigenvalue weighted by atomic mass is 10.1. The van der Waals surface area contributed by atoms with Gasteiger partial charge in [-0.3, -0.25) is 9.59 Å². The average Bonchev–Trinajstić information content (AvgIpc) is 2.40. The van der Waals surface area contributed by atoms with Gasteiger partial charge in [-0.05, 0) is 13.0 Å². The molecule has 1 aromatic carbocycles. The Morgan fingerprint density at radius 1 is 1.33 bits per heavy atom. The third-order valence-electron chi connectivity index (χ3n) is 2.64. The first-order valence-electron chi connectivity index (χ1n) is 6.34. The van der Waals surface area contributed by atoms with E-state index in [4.69, 9.17) is 21.1 Å². The molecule has 0 fully saturated rings. The van der Waals surface area contributed by atoms with Crippen LogP contribution in [0.2, 0.25) is 5.02 Å². The lowest BCUT2D eigenvalue weighted by molar-refractivity contribution is -0.114. The minimum Gasteiger partial charge on any atom is -0.496 e. The number of carbonyl (C=O) groups excluding carboxylic acids is 2. The van der Waals surface area contributed by atoms with Gasteiger partial charge in [-0.15, -0.1) is 0 Å². The van der Waals surface area contributed by atoms with Crippen LogP contribution in [0.5, 0.6) is 5.75 Å². The van der Waals surface area contributed by atoms with Crippen LogP contribution in [-0.2, 0) is 9.53 Å². The highest BCUT2D eigenvalue weighted by molar-refractivity contribution is 6.34. The minimum absolute atomic E-state index is 0.152. The summed E-state index contributed by atoms with van der Waals surface area (Å²) in [6.45, 7) is 3.59. The zero-order valence-electron chi connectivity index (χ0n) is 12.5. The smallest absolute Gasteiger partial charge is 0.255 e. The van der Waals surface area contributed by atoms with Crippen molar-refractivity contribution in [2.45, 2.75) is 19.9 Å². The van der Waals surface area contributed by atoms with Gasteiger partial charge in [0.05, 0.1) is 30.0 Å². The Bertz CT molecular complexity index is 534. The quantitative estimate of drug-likeness (QED) is 0.842. The second kappa shape index (κ2) is 7.85. The number of methoxy groups -OCH3 is 2. The van der Waals surface area contributed by atoms with E-state index in [1.807, 2.05) is 6.92 Å². The number of carbonyl (C=O) groups is 2. The first-order chi connectivity index (χ1) is 9.88. The van der Waals surface area contributed by atoms with Crippen molar-refractivity contribution in [2.75, 3.05) is 26.1 Å². The van der Waals surface area contributed by atoms with E-state index in [-0.39, 0.29) is 22.9 Å². The highest BCUT2D eigenvalue weighted by Gasteiger charge is 2.18. The predicted octanol–water partition coefficient (Wildman–Crippen LogP) is 2.07. The van der Waals surface area contributed by atoms with Crippen LogP contribution >= 0.6 is 11.6 Å². The van der Waals surface area contributed by atoms with Gasteiger partial charge in [0.2, 0.25) is 5.91 Å². The molecule has 2 N–H and O–H groups in total. The number of nitrogens with one attached hydrogen (secondary N) is 2. The number of halogens is 1. The van der Waals surface area contributed by atoms with Crippen LogP contribution in [0.4, 0.5) is 5.69 Å². The monoisotopic (exact) mass is 314 g/mol. The summed E-state index contributed by atoms with van der Waals surface area (Å²) in [5.74, 6) is -0.261. The number of hydrogen-bond donors (Lipinski definition) is 2. The van der Waals surface area contributed by atoms with Crippen molar-refractivity contribution in [3.63, 3.8) is 0 Å². The molecule has 0 spiro atoms. The van der Waals surface area contributed by atoms with Gasteiger partial charge in [0.25, 0.3) is 5.91 Å². The van der Waals surface area contributed by atoms with Crippen molar-refractivity contribution in [1.29, 1.82) is 0 Å². The molecule has 0 aliphatic heterocycles. The highest BCUT2D eigenvalue weighted by atomic mass is 35.5. The van der Waals surface area contributed by atoms with Crippen molar-refractivity contribution >= 4 is 29.1 Å². The standard InChI is InChI=1S/C14H19ClN2O4/c1-8(7-20-3)16-14(19)10-5-11(15)12(17-9(2)18)6-13(10)21-4/h5-6,8H,7H2,1-4H3,(H,16,19)(H,17,18). The number of benzene rings is 1. The third-order valence-corrected chi connectivity index (χ3v) is 2.95. The molecule has 0 aliphatic rings. The molecule has 7 heteroatoms. The second-order valence-corrected chi connectivity index (χ2v) is 4.95. The Morgan fingerprint density at radius 2 is 2.00 bits per heavy atom. The number of anilines is 1. The molecular formula is C14H19ClN2O4. The van der Waals surface area contributed by atoms with Crippen molar-refractivity contribution in [3.05, 3.63) is 22.7 Å². The molecule has 0 aliphatic carbocycles. The molecule has 0 heterocycles. The molecule has 2 amide bonds. The summed E-state index contributed by atoms with van der Waals surface area (Å²) in [5, 5.41) is 5.60. The molecule has 0 bridgehead atoms.